The fourth-order valence-electron chi connectivity index (χ4n) is 3.14. The standard InChI is InChI=1S/C16H22N2O2/c1-2-18-14-10-13(9-12-5-7-17-8-6-12)3-4-15(14)20-11-16(18)19/h3-4,10,12,17H,2,5-9,11H2,1H3. The van der Waals surface area contributed by atoms with E-state index in [1.165, 1.54) is 18.4 Å². The second-order valence-electron chi connectivity index (χ2n) is 5.63. The second-order valence-corrected chi connectivity index (χ2v) is 5.63. The van der Waals surface area contributed by atoms with Crippen LogP contribution in [0.15, 0.2) is 18.2 Å². The summed E-state index contributed by atoms with van der Waals surface area (Å²) in [5.41, 5.74) is 2.25. The van der Waals surface area contributed by atoms with Crippen LogP contribution in [0.4, 0.5) is 5.69 Å². The van der Waals surface area contributed by atoms with Crippen molar-refractivity contribution in [1.82, 2.24) is 5.32 Å². The van der Waals surface area contributed by atoms with Crippen LogP contribution in [0.2, 0.25) is 0 Å². The first-order chi connectivity index (χ1) is 9.78. The van der Waals surface area contributed by atoms with E-state index in [1.807, 2.05) is 17.9 Å². The molecule has 1 aromatic rings. The van der Waals surface area contributed by atoms with E-state index in [2.05, 4.69) is 17.4 Å². The zero-order valence-corrected chi connectivity index (χ0v) is 12.0. The molecule has 4 heteroatoms. The summed E-state index contributed by atoms with van der Waals surface area (Å²) in [4.78, 5) is 13.7. The van der Waals surface area contributed by atoms with Crippen LogP contribution >= 0.6 is 0 Å². The van der Waals surface area contributed by atoms with Gasteiger partial charge in [-0.05, 0) is 62.9 Å². The van der Waals surface area contributed by atoms with Gasteiger partial charge < -0.3 is 15.0 Å². The van der Waals surface area contributed by atoms with Crippen molar-refractivity contribution in [2.45, 2.75) is 26.2 Å². The lowest BCUT2D eigenvalue weighted by Crippen LogP contribution is -2.38. The maximum absolute atomic E-state index is 11.9. The van der Waals surface area contributed by atoms with Crippen LogP contribution in [0, 0.1) is 5.92 Å². The zero-order chi connectivity index (χ0) is 13.9. The molecule has 2 aliphatic rings. The van der Waals surface area contributed by atoms with Gasteiger partial charge in [-0.15, -0.1) is 0 Å². The van der Waals surface area contributed by atoms with E-state index in [0.717, 1.165) is 36.9 Å². The summed E-state index contributed by atoms with van der Waals surface area (Å²) in [6.07, 6.45) is 3.58. The summed E-state index contributed by atoms with van der Waals surface area (Å²) >= 11 is 0. The molecule has 2 aliphatic heterocycles. The van der Waals surface area contributed by atoms with Crippen molar-refractivity contribution in [2.24, 2.45) is 5.92 Å². The van der Waals surface area contributed by atoms with Gasteiger partial charge >= 0.3 is 0 Å². The molecule has 0 spiro atoms. The predicted octanol–water partition coefficient (Wildman–Crippen LogP) is 1.97. The van der Waals surface area contributed by atoms with Gasteiger partial charge in [-0.1, -0.05) is 6.07 Å². The Labute approximate surface area is 120 Å². The highest BCUT2D eigenvalue weighted by Gasteiger charge is 2.24. The van der Waals surface area contributed by atoms with E-state index in [0.29, 0.717) is 6.54 Å². The third-order valence-corrected chi connectivity index (χ3v) is 4.27. The maximum atomic E-state index is 11.9. The van der Waals surface area contributed by atoms with E-state index in [9.17, 15) is 4.79 Å². The molecule has 108 valence electrons. The van der Waals surface area contributed by atoms with Crippen LogP contribution in [-0.4, -0.2) is 32.1 Å². The van der Waals surface area contributed by atoms with Crippen LogP contribution < -0.4 is 15.0 Å². The number of benzene rings is 1. The smallest absolute Gasteiger partial charge is 0.265 e. The molecule has 1 fully saturated rings. The lowest BCUT2D eigenvalue weighted by Gasteiger charge is -2.29. The van der Waals surface area contributed by atoms with E-state index >= 15 is 0 Å². The molecule has 0 saturated carbocycles. The van der Waals surface area contributed by atoms with Crippen molar-refractivity contribution >= 4 is 11.6 Å². The largest absolute Gasteiger partial charge is 0.482 e. The third-order valence-electron chi connectivity index (χ3n) is 4.27. The maximum Gasteiger partial charge on any atom is 0.265 e. The van der Waals surface area contributed by atoms with Crippen LogP contribution in [0.1, 0.15) is 25.3 Å². The number of fused-ring (bicyclic) bond motifs is 1. The fraction of sp³-hybridized carbons (Fsp3) is 0.562. The van der Waals surface area contributed by atoms with Gasteiger partial charge in [0.15, 0.2) is 6.61 Å². The van der Waals surface area contributed by atoms with Gasteiger partial charge in [-0.3, -0.25) is 4.79 Å². The molecule has 4 nitrogen and oxygen atoms in total. The minimum absolute atomic E-state index is 0.0546. The van der Waals surface area contributed by atoms with Crippen molar-refractivity contribution in [3.63, 3.8) is 0 Å². The van der Waals surface area contributed by atoms with Crippen LogP contribution in [0.5, 0.6) is 5.75 Å². The molecule has 20 heavy (non-hydrogen) atoms. The van der Waals surface area contributed by atoms with Crippen LogP contribution in [0.25, 0.3) is 0 Å². The highest BCUT2D eigenvalue weighted by Crippen LogP contribution is 2.33. The van der Waals surface area contributed by atoms with Gasteiger partial charge in [0.25, 0.3) is 5.91 Å². The first-order valence-electron chi connectivity index (χ1n) is 7.54. The van der Waals surface area contributed by atoms with E-state index in [1.54, 1.807) is 0 Å². The topological polar surface area (TPSA) is 41.6 Å². The Morgan fingerprint density at radius 2 is 2.15 bits per heavy atom. The zero-order valence-electron chi connectivity index (χ0n) is 12.0. The number of ether oxygens (including phenoxy) is 1. The van der Waals surface area contributed by atoms with E-state index in [-0.39, 0.29) is 12.5 Å². The number of piperidine rings is 1. The Balaban J connectivity index is 1.80. The van der Waals surface area contributed by atoms with Gasteiger partial charge in [0.05, 0.1) is 5.69 Å². The summed E-state index contributed by atoms with van der Waals surface area (Å²) in [7, 11) is 0. The molecule has 0 atom stereocenters. The number of rotatable bonds is 3. The summed E-state index contributed by atoms with van der Waals surface area (Å²) in [6.45, 7) is 5.11. The number of carbonyl (C=O) groups is 1. The number of amides is 1. The molecule has 0 aromatic heterocycles. The Morgan fingerprint density at radius 3 is 2.90 bits per heavy atom. The summed E-state index contributed by atoms with van der Waals surface area (Å²) in [5, 5.41) is 3.40. The molecule has 1 N–H and O–H groups in total. The molecule has 0 radical (unpaired) electrons. The summed E-state index contributed by atoms with van der Waals surface area (Å²) < 4.78 is 5.51. The third kappa shape index (κ3) is 2.66. The summed E-state index contributed by atoms with van der Waals surface area (Å²) in [5.74, 6) is 1.64. The average Bonchev–Trinajstić information content (AvgIpc) is 2.48. The van der Waals surface area contributed by atoms with Gasteiger partial charge in [-0.25, -0.2) is 0 Å². The molecular formula is C16H22N2O2. The molecule has 0 aliphatic carbocycles. The van der Waals surface area contributed by atoms with Crippen molar-refractivity contribution in [1.29, 1.82) is 0 Å². The van der Waals surface area contributed by atoms with Crippen LogP contribution in [0.3, 0.4) is 0 Å². The Hall–Kier alpha value is -1.55. The number of anilines is 1. The average molecular weight is 274 g/mol. The van der Waals surface area contributed by atoms with Gasteiger partial charge in [0.1, 0.15) is 5.75 Å². The fourth-order valence-corrected chi connectivity index (χ4v) is 3.14. The number of hydrogen-bond donors (Lipinski definition) is 1. The van der Waals surface area contributed by atoms with Gasteiger partial charge in [0, 0.05) is 6.54 Å². The first kappa shape index (κ1) is 13.4. The molecule has 1 aromatic carbocycles. The first-order valence-corrected chi connectivity index (χ1v) is 7.54. The summed E-state index contributed by atoms with van der Waals surface area (Å²) in [6, 6.07) is 6.29. The molecule has 1 saturated heterocycles. The van der Waals surface area contributed by atoms with Gasteiger partial charge in [-0.2, -0.15) is 0 Å². The van der Waals surface area contributed by atoms with Crippen molar-refractivity contribution in [3.8, 4) is 5.75 Å². The predicted molar refractivity (Wildman–Crippen MR) is 79.3 cm³/mol. The van der Waals surface area contributed by atoms with E-state index < -0.39 is 0 Å². The molecule has 0 unspecified atom stereocenters. The molecule has 2 heterocycles. The molecule has 0 bridgehead atoms. The Morgan fingerprint density at radius 1 is 1.35 bits per heavy atom. The van der Waals surface area contributed by atoms with E-state index in [4.69, 9.17) is 4.74 Å². The van der Waals surface area contributed by atoms with Crippen LogP contribution in [-0.2, 0) is 11.2 Å². The monoisotopic (exact) mass is 274 g/mol. The number of likely N-dealkylation sites (N-methyl/N-ethyl adjacent to an activating group) is 1. The second kappa shape index (κ2) is 5.83. The Kier molecular flexibility index (Phi) is 3.92. The highest BCUT2D eigenvalue weighted by atomic mass is 16.5. The number of nitrogens with zero attached hydrogens (tertiary/aromatic N) is 1. The highest BCUT2D eigenvalue weighted by molar-refractivity contribution is 5.97. The number of nitrogens with one attached hydrogen (secondary N) is 1. The normalized spacial score (nSPS) is 19.6. The Bertz CT molecular complexity index is 495. The SMILES string of the molecule is CCN1C(=O)COc2ccc(CC3CCNCC3)cc21. The quantitative estimate of drug-likeness (QED) is 0.916. The number of carbonyl (C=O) groups excluding carboxylic acids is 1. The molecular weight excluding hydrogens is 252 g/mol. The number of hydrogen-bond acceptors (Lipinski definition) is 3. The lowest BCUT2D eigenvalue weighted by molar-refractivity contribution is -0.121. The van der Waals surface area contributed by atoms with Crippen molar-refractivity contribution in [2.75, 3.05) is 31.1 Å². The molecule has 3 rings (SSSR count). The lowest BCUT2D eigenvalue weighted by atomic mass is 9.90. The van der Waals surface area contributed by atoms with Gasteiger partial charge in [0.2, 0.25) is 0 Å². The minimum atomic E-state index is 0.0546. The molecule has 1 amide bonds. The minimum Gasteiger partial charge on any atom is -0.482 e. The van der Waals surface area contributed by atoms with Crippen molar-refractivity contribution in [3.05, 3.63) is 23.8 Å². The van der Waals surface area contributed by atoms with Crippen molar-refractivity contribution < 1.29 is 9.53 Å².